The van der Waals surface area contributed by atoms with Crippen LogP contribution in [0.25, 0.3) is 0 Å². The molecule has 0 aliphatic carbocycles. The molecule has 0 aliphatic rings. The second-order valence-corrected chi connectivity index (χ2v) is 6.32. The highest BCUT2D eigenvalue weighted by Crippen LogP contribution is 2.19. The molecule has 2 aromatic carbocycles. The number of halogens is 3. The summed E-state index contributed by atoms with van der Waals surface area (Å²) in [5.74, 6) is -0.820. The van der Waals surface area contributed by atoms with Crippen LogP contribution in [-0.4, -0.2) is 24.6 Å². The fraction of sp³-hybridized carbons (Fsp3) is 0.0625. The van der Waals surface area contributed by atoms with Crippen molar-refractivity contribution in [2.24, 2.45) is 5.10 Å². The number of rotatable bonds is 5. The Kier molecular flexibility index (Phi) is 6.78. The van der Waals surface area contributed by atoms with Crippen molar-refractivity contribution in [2.45, 2.75) is 0 Å². The zero-order chi connectivity index (χ0) is 17.5. The molecule has 0 spiro atoms. The van der Waals surface area contributed by atoms with Crippen molar-refractivity contribution in [3.05, 3.63) is 68.1 Å². The van der Waals surface area contributed by atoms with Gasteiger partial charge in [-0.2, -0.15) is 5.10 Å². The fourth-order valence-corrected chi connectivity index (χ4v) is 2.64. The lowest BCUT2D eigenvalue weighted by atomic mass is 10.2. The minimum Gasteiger partial charge on any atom is -0.343 e. The average Bonchev–Trinajstić information content (AvgIpc) is 2.55. The number of benzene rings is 2. The van der Waals surface area contributed by atoms with Gasteiger partial charge in [0.05, 0.1) is 23.3 Å². The molecule has 0 heterocycles. The van der Waals surface area contributed by atoms with Crippen LogP contribution in [-0.2, 0) is 4.79 Å². The summed E-state index contributed by atoms with van der Waals surface area (Å²) < 4.78 is 0.651. The van der Waals surface area contributed by atoms with Crippen molar-refractivity contribution in [2.75, 3.05) is 6.54 Å². The van der Waals surface area contributed by atoms with Gasteiger partial charge in [0.15, 0.2) is 0 Å². The number of hydrogen-bond acceptors (Lipinski definition) is 3. The van der Waals surface area contributed by atoms with E-state index in [9.17, 15) is 9.59 Å². The van der Waals surface area contributed by atoms with Crippen molar-refractivity contribution >= 4 is 57.2 Å². The average molecular weight is 429 g/mol. The molecule has 0 unspecified atom stereocenters. The molecule has 2 rings (SSSR count). The van der Waals surface area contributed by atoms with Gasteiger partial charge in [0, 0.05) is 15.1 Å². The SMILES string of the molecule is O=C(CNC(=O)c1ccccc1Br)NN=Cc1ccc(Cl)cc1Cl. The molecule has 0 aromatic heterocycles. The molecule has 0 radical (unpaired) electrons. The molecule has 2 amide bonds. The molecule has 5 nitrogen and oxygen atoms in total. The number of nitrogens with zero attached hydrogens (tertiary/aromatic N) is 1. The second-order valence-electron chi connectivity index (χ2n) is 4.62. The Morgan fingerprint density at radius 2 is 1.92 bits per heavy atom. The highest BCUT2D eigenvalue weighted by Gasteiger charge is 2.10. The highest BCUT2D eigenvalue weighted by atomic mass is 79.9. The second kappa shape index (κ2) is 8.82. The Bertz CT molecular complexity index is 797. The molecule has 2 aromatic rings. The molecule has 0 atom stereocenters. The van der Waals surface area contributed by atoms with E-state index in [0.717, 1.165) is 0 Å². The molecule has 0 aliphatic heterocycles. The van der Waals surface area contributed by atoms with Gasteiger partial charge in [-0.3, -0.25) is 9.59 Å². The maximum Gasteiger partial charge on any atom is 0.259 e. The molecule has 124 valence electrons. The number of amides is 2. The van der Waals surface area contributed by atoms with E-state index >= 15 is 0 Å². The van der Waals surface area contributed by atoms with E-state index in [0.29, 0.717) is 25.6 Å². The first-order chi connectivity index (χ1) is 11.5. The molecular formula is C16H12BrCl2N3O2. The van der Waals surface area contributed by atoms with Crippen molar-refractivity contribution in [3.63, 3.8) is 0 Å². The van der Waals surface area contributed by atoms with Crippen LogP contribution in [0.4, 0.5) is 0 Å². The Morgan fingerprint density at radius 3 is 2.62 bits per heavy atom. The van der Waals surface area contributed by atoms with Crippen LogP contribution in [0.2, 0.25) is 10.0 Å². The zero-order valence-electron chi connectivity index (χ0n) is 12.2. The van der Waals surface area contributed by atoms with Crippen LogP contribution in [0, 0.1) is 0 Å². The lowest BCUT2D eigenvalue weighted by molar-refractivity contribution is -0.120. The summed E-state index contributed by atoms with van der Waals surface area (Å²) in [5, 5.41) is 7.23. The molecule has 2 N–H and O–H groups in total. The summed E-state index contributed by atoms with van der Waals surface area (Å²) in [4.78, 5) is 23.6. The summed E-state index contributed by atoms with van der Waals surface area (Å²) in [6.45, 7) is -0.203. The lowest BCUT2D eigenvalue weighted by Gasteiger charge is -2.05. The molecular weight excluding hydrogens is 417 g/mol. The normalized spacial score (nSPS) is 10.6. The van der Waals surface area contributed by atoms with Gasteiger partial charge >= 0.3 is 0 Å². The van der Waals surface area contributed by atoms with E-state index < -0.39 is 5.91 Å². The maximum atomic E-state index is 12.0. The number of carbonyl (C=O) groups excluding carboxylic acids is 2. The standard InChI is InChI=1S/C16H12BrCl2N3O2/c17-13-4-2-1-3-12(13)16(24)20-9-15(23)22-21-8-10-5-6-11(18)7-14(10)19/h1-8H,9H2,(H,20,24)(H,22,23). The minimum absolute atomic E-state index is 0.203. The van der Waals surface area contributed by atoms with E-state index in [-0.39, 0.29) is 12.5 Å². The Hall–Kier alpha value is -1.89. The van der Waals surface area contributed by atoms with Crippen molar-refractivity contribution in [3.8, 4) is 0 Å². The lowest BCUT2D eigenvalue weighted by Crippen LogP contribution is -2.35. The van der Waals surface area contributed by atoms with E-state index in [4.69, 9.17) is 23.2 Å². The summed E-state index contributed by atoms with van der Waals surface area (Å²) in [7, 11) is 0. The van der Waals surface area contributed by atoms with Crippen molar-refractivity contribution in [1.29, 1.82) is 0 Å². The monoisotopic (exact) mass is 427 g/mol. The quantitative estimate of drug-likeness (QED) is 0.563. The summed E-state index contributed by atoms with van der Waals surface area (Å²) in [5.41, 5.74) is 3.36. The fourth-order valence-electron chi connectivity index (χ4n) is 1.72. The smallest absolute Gasteiger partial charge is 0.259 e. The Balaban J connectivity index is 1.84. The molecule has 0 bridgehead atoms. The van der Waals surface area contributed by atoms with Crippen LogP contribution in [0.3, 0.4) is 0 Å². The summed E-state index contributed by atoms with van der Waals surface area (Å²) >= 11 is 15.0. The van der Waals surface area contributed by atoms with Gasteiger partial charge < -0.3 is 5.32 Å². The predicted molar refractivity (Wildman–Crippen MR) is 98.7 cm³/mol. The zero-order valence-corrected chi connectivity index (χ0v) is 15.3. The number of hydrazone groups is 1. The molecule has 0 fully saturated rings. The van der Waals surface area contributed by atoms with Crippen molar-refractivity contribution in [1.82, 2.24) is 10.7 Å². The molecule has 0 saturated heterocycles. The van der Waals surface area contributed by atoms with Crippen LogP contribution < -0.4 is 10.7 Å². The first-order valence-electron chi connectivity index (χ1n) is 6.77. The largest absolute Gasteiger partial charge is 0.343 e. The first-order valence-corrected chi connectivity index (χ1v) is 8.32. The Labute approximate surface area is 157 Å². The third kappa shape index (κ3) is 5.33. The Morgan fingerprint density at radius 1 is 1.17 bits per heavy atom. The molecule has 0 saturated carbocycles. The van der Waals surface area contributed by atoms with Gasteiger partial charge in [-0.1, -0.05) is 41.4 Å². The summed E-state index contributed by atoms with van der Waals surface area (Å²) in [6, 6.07) is 11.8. The first kappa shape index (κ1) is 18.4. The maximum absolute atomic E-state index is 12.0. The third-order valence-corrected chi connectivity index (χ3v) is 4.14. The van der Waals surface area contributed by atoms with E-state index in [1.54, 1.807) is 42.5 Å². The highest BCUT2D eigenvalue weighted by molar-refractivity contribution is 9.10. The van der Waals surface area contributed by atoms with Crippen LogP contribution in [0.1, 0.15) is 15.9 Å². The molecule has 8 heteroatoms. The van der Waals surface area contributed by atoms with Gasteiger partial charge in [0.25, 0.3) is 11.8 Å². The number of nitrogens with one attached hydrogen (secondary N) is 2. The van der Waals surface area contributed by atoms with Gasteiger partial charge in [0.1, 0.15) is 0 Å². The third-order valence-electron chi connectivity index (χ3n) is 2.88. The summed E-state index contributed by atoms with van der Waals surface area (Å²) in [6.07, 6.45) is 1.40. The number of carbonyl (C=O) groups is 2. The van der Waals surface area contributed by atoms with E-state index in [1.165, 1.54) is 6.21 Å². The topological polar surface area (TPSA) is 70.6 Å². The van der Waals surface area contributed by atoms with E-state index in [2.05, 4.69) is 31.8 Å². The van der Waals surface area contributed by atoms with Gasteiger partial charge in [-0.25, -0.2) is 5.43 Å². The minimum atomic E-state index is -0.461. The van der Waals surface area contributed by atoms with Crippen LogP contribution >= 0.6 is 39.1 Å². The van der Waals surface area contributed by atoms with Gasteiger partial charge in [-0.05, 0) is 40.2 Å². The van der Waals surface area contributed by atoms with Gasteiger partial charge in [0.2, 0.25) is 0 Å². The van der Waals surface area contributed by atoms with E-state index in [1.807, 2.05) is 0 Å². The van der Waals surface area contributed by atoms with Crippen LogP contribution in [0.15, 0.2) is 52.0 Å². The van der Waals surface area contributed by atoms with Crippen molar-refractivity contribution < 1.29 is 9.59 Å². The predicted octanol–water partition coefficient (Wildman–Crippen LogP) is 3.64. The number of hydrogen-bond donors (Lipinski definition) is 2. The molecule has 24 heavy (non-hydrogen) atoms. The van der Waals surface area contributed by atoms with Crippen LogP contribution in [0.5, 0.6) is 0 Å². The van der Waals surface area contributed by atoms with Gasteiger partial charge in [-0.15, -0.1) is 0 Å².